The minimum Gasteiger partial charge on any atom is -0.383 e. The van der Waals surface area contributed by atoms with Crippen LogP contribution in [0.15, 0.2) is 0 Å². The molecule has 0 saturated heterocycles. The van der Waals surface area contributed by atoms with Gasteiger partial charge < -0.3 is 3.83 Å². The summed E-state index contributed by atoms with van der Waals surface area (Å²) in [4.78, 5) is 10.5. The molecular weight excluding hydrogens is 172 g/mol. The van der Waals surface area contributed by atoms with Gasteiger partial charge in [-0.3, -0.25) is 4.79 Å². The summed E-state index contributed by atoms with van der Waals surface area (Å²) in [5.74, 6) is -0.193. The lowest BCUT2D eigenvalue weighted by Crippen LogP contribution is -2.08. The van der Waals surface area contributed by atoms with Crippen LogP contribution in [0.1, 0.15) is 20.3 Å². The Morgan fingerprint density at radius 2 is 2.38 bits per heavy atom. The maximum absolute atomic E-state index is 10.5. The van der Waals surface area contributed by atoms with Gasteiger partial charge in [0.05, 0.1) is 5.92 Å². The van der Waals surface area contributed by atoms with Crippen LogP contribution in [0.2, 0.25) is 0 Å². The molecule has 8 heavy (non-hydrogen) atoms. The average Bonchev–Trinajstić information content (AvgIpc) is 1.84. The van der Waals surface area contributed by atoms with Crippen LogP contribution in [-0.4, -0.2) is 5.97 Å². The van der Waals surface area contributed by atoms with E-state index >= 15 is 0 Å². The van der Waals surface area contributed by atoms with Crippen molar-refractivity contribution in [2.75, 3.05) is 0 Å². The zero-order chi connectivity index (χ0) is 6.57. The Hall–Kier alpha value is -0.0500. The predicted molar refractivity (Wildman–Crippen MR) is 34.5 cm³/mol. The molecule has 0 rings (SSSR count). The highest BCUT2D eigenvalue weighted by atomic mass is 79.9. The van der Waals surface area contributed by atoms with Crippen molar-refractivity contribution in [2.45, 2.75) is 20.3 Å². The van der Waals surface area contributed by atoms with Crippen molar-refractivity contribution in [3.8, 4) is 0 Å². The molecule has 0 radical (unpaired) electrons. The first-order chi connectivity index (χ1) is 3.72. The molecule has 0 fully saturated rings. The molecule has 0 aromatic heterocycles. The Kier molecular flexibility index (Phi) is 3.87. The standard InChI is InChI=1S/C5H9BrO2/c1-3-4(2)5(7)8-6/h4H,3H2,1-2H3/t4-/m1/s1. The number of carbonyl (C=O) groups is 1. The summed E-state index contributed by atoms with van der Waals surface area (Å²) in [7, 11) is 0. The fourth-order valence-corrected chi connectivity index (χ4v) is 0.562. The minimum atomic E-state index is -0.201. The van der Waals surface area contributed by atoms with Gasteiger partial charge in [0, 0.05) is 0 Å². The molecule has 0 heterocycles. The highest BCUT2D eigenvalue weighted by molar-refractivity contribution is 9.06. The Labute approximate surface area is 57.7 Å². The maximum atomic E-state index is 10.5. The first-order valence-electron chi connectivity index (χ1n) is 2.54. The molecular formula is C5H9BrO2. The van der Waals surface area contributed by atoms with Gasteiger partial charge in [0.15, 0.2) is 16.3 Å². The van der Waals surface area contributed by atoms with Crippen LogP contribution < -0.4 is 0 Å². The molecule has 0 bridgehead atoms. The zero-order valence-electron chi connectivity index (χ0n) is 4.98. The summed E-state index contributed by atoms with van der Waals surface area (Å²) < 4.78 is 4.28. The molecule has 0 aromatic carbocycles. The van der Waals surface area contributed by atoms with E-state index in [9.17, 15) is 4.79 Å². The fraction of sp³-hybridized carbons (Fsp3) is 0.800. The third-order valence-corrected chi connectivity index (χ3v) is 1.41. The Morgan fingerprint density at radius 3 is 2.50 bits per heavy atom. The second-order valence-electron chi connectivity index (χ2n) is 1.71. The topological polar surface area (TPSA) is 26.3 Å². The number of carbonyl (C=O) groups excluding carboxylic acids is 1. The highest BCUT2D eigenvalue weighted by Crippen LogP contribution is 2.04. The molecule has 1 atom stereocenters. The molecule has 0 amide bonds. The van der Waals surface area contributed by atoms with Gasteiger partial charge >= 0.3 is 5.97 Å². The summed E-state index contributed by atoms with van der Waals surface area (Å²) >= 11 is 2.61. The van der Waals surface area contributed by atoms with E-state index in [2.05, 4.69) is 20.1 Å². The van der Waals surface area contributed by atoms with Crippen molar-refractivity contribution >= 4 is 22.2 Å². The van der Waals surface area contributed by atoms with E-state index in [-0.39, 0.29) is 11.9 Å². The molecule has 0 spiro atoms. The smallest absolute Gasteiger partial charge is 0.320 e. The summed E-state index contributed by atoms with van der Waals surface area (Å²) in [5.41, 5.74) is 0. The molecule has 3 heteroatoms. The van der Waals surface area contributed by atoms with Gasteiger partial charge in [0.1, 0.15) is 0 Å². The van der Waals surface area contributed by atoms with Crippen molar-refractivity contribution in [2.24, 2.45) is 5.92 Å². The normalized spacial score (nSPS) is 12.9. The number of halogens is 1. The number of rotatable bonds is 2. The van der Waals surface area contributed by atoms with Crippen LogP contribution >= 0.6 is 16.3 Å². The van der Waals surface area contributed by atoms with Gasteiger partial charge in [-0.1, -0.05) is 13.8 Å². The van der Waals surface area contributed by atoms with Crippen molar-refractivity contribution in [3.63, 3.8) is 0 Å². The molecule has 48 valence electrons. The maximum Gasteiger partial charge on any atom is 0.320 e. The minimum absolute atomic E-state index is 0.00868. The van der Waals surface area contributed by atoms with Gasteiger partial charge in [-0.05, 0) is 6.42 Å². The van der Waals surface area contributed by atoms with Crippen LogP contribution in [-0.2, 0) is 8.62 Å². The van der Waals surface area contributed by atoms with E-state index in [1.807, 2.05) is 13.8 Å². The summed E-state index contributed by atoms with van der Waals surface area (Å²) in [6.07, 6.45) is 0.824. The SMILES string of the molecule is CC[C@@H](C)C(=O)OBr. The van der Waals surface area contributed by atoms with E-state index in [0.717, 1.165) is 6.42 Å². The summed E-state index contributed by atoms with van der Waals surface area (Å²) in [6, 6.07) is 0. The molecule has 0 aromatic rings. The predicted octanol–water partition coefficient (Wildman–Crippen LogP) is 1.89. The highest BCUT2D eigenvalue weighted by Gasteiger charge is 2.09. The van der Waals surface area contributed by atoms with Crippen LogP contribution in [0, 0.1) is 5.92 Å². The molecule has 0 saturated carbocycles. The van der Waals surface area contributed by atoms with E-state index in [0.29, 0.717) is 0 Å². The van der Waals surface area contributed by atoms with Crippen molar-refractivity contribution in [1.29, 1.82) is 0 Å². The first kappa shape index (κ1) is 7.95. The molecule has 0 unspecified atom stereocenters. The van der Waals surface area contributed by atoms with E-state index in [1.165, 1.54) is 0 Å². The molecule has 0 N–H and O–H groups in total. The Bertz CT molecular complexity index is 82.5. The quantitative estimate of drug-likeness (QED) is 0.650. The number of hydrogen-bond donors (Lipinski definition) is 0. The second kappa shape index (κ2) is 3.89. The lowest BCUT2D eigenvalue weighted by atomic mass is 10.1. The van der Waals surface area contributed by atoms with E-state index in [4.69, 9.17) is 0 Å². The molecule has 2 nitrogen and oxygen atoms in total. The van der Waals surface area contributed by atoms with Gasteiger partial charge in [-0.2, -0.15) is 0 Å². The van der Waals surface area contributed by atoms with Crippen LogP contribution in [0.4, 0.5) is 0 Å². The van der Waals surface area contributed by atoms with Gasteiger partial charge in [-0.15, -0.1) is 0 Å². The monoisotopic (exact) mass is 180 g/mol. The lowest BCUT2D eigenvalue weighted by Gasteiger charge is -2.00. The summed E-state index contributed by atoms with van der Waals surface area (Å²) in [5, 5.41) is 0. The van der Waals surface area contributed by atoms with Crippen molar-refractivity contribution < 1.29 is 8.62 Å². The zero-order valence-corrected chi connectivity index (χ0v) is 6.56. The van der Waals surface area contributed by atoms with Crippen LogP contribution in [0.25, 0.3) is 0 Å². The summed E-state index contributed by atoms with van der Waals surface area (Å²) in [6.45, 7) is 3.76. The van der Waals surface area contributed by atoms with E-state index in [1.54, 1.807) is 0 Å². The van der Waals surface area contributed by atoms with Crippen molar-refractivity contribution in [3.05, 3.63) is 0 Å². The third-order valence-electron chi connectivity index (χ3n) is 1.09. The Balaban J connectivity index is 3.46. The fourth-order valence-electron chi connectivity index (χ4n) is 0.243. The first-order valence-corrected chi connectivity index (χ1v) is 3.19. The average molecular weight is 181 g/mol. The van der Waals surface area contributed by atoms with Gasteiger partial charge in [0.25, 0.3) is 0 Å². The van der Waals surface area contributed by atoms with Crippen molar-refractivity contribution in [1.82, 2.24) is 0 Å². The van der Waals surface area contributed by atoms with Crippen LogP contribution in [0.3, 0.4) is 0 Å². The lowest BCUT2D eigenvalue weighted by molar-refractivity contribution is -0.136. The largest absolute Gasteiger partial charge is 0.383 e. The van der Waals surface area contributed by atoms with E-state index < -0.39 is 0 Å². The molecule has 0 aliphatic heterocycles. The van der Waals surface area contributed by atoms with Crippen LogP contribution in [0.5, 0.6) is 0 Å². The second-order valence-corrected chi connectivity index (χ2v) is 2.03. The molecule has 0 aliphatic rings. The van der Waals surface area contributed by atoms with Gasteiger partial charge in [-0.25, -0.2) is 0 Å². The number of hydrogen-bond acceptors (Lipinski definition) is 2. The third kappa shape index (κ3) is 2.31. The Morgan fingerprint density at radius 1 is 1.88 bits per heavy atom. The molecule has 0 aliphatic carbocycles. The van der Waals surface area contributed by atoms with Gasteiger partial charge in [0.2, 0.25) is 0 Å².